The summed E-state index contributed by atoms with van der Waals surface area (Å²) in [7, 11) is 0. The lowest BCUT2D eigenvalue weighted by atomic mass is 10.00. The van der Waals surface area contributed by atoms with E-state index < -0.39 is 6.10 Å². The zero-order chi connectivity index (χ0) is 13.5. The fourth-order valence-electron chi connectivity index (χ4n) is 1.68. The molecule has 0 radical (unpaired) electrons. The topological polar surface area (TPSA) is 49.3 Å². The number of carbonyl (C=O) groups excluding carboxylic acids is 1. The van der Waals surface area contributed by atoms with Crippen molar-refractivity contribution < 1.29 is 9.90 Å². The van der Waals surface area contributed by atoms with Gasteiger partial charge in [0.15, 0.2) is 0 Å². The Balaban J connectivity index is 2.49. The van der Waals surface area contributed by atoms with Crippen molar-refractivity contribution in [2.45, 2.75) is 32.8 Å². The van der Waals surface area contributed by atoms with Gasteiger partial charge < -0.3 is 10.4 Å². The van der Waals surface area contributed by atoms with Gasteiger partial charge in [-0.3, -0.25) is 4.79 Å². The molecule has 0 fully saturated rings. The first-order chi connectivity index (χ1) is 8.54. The smallest absolute Gasteiger partial charge is 0.220 e. The summed E-state index contributed by atoms with van der Waals surface area (Å²) in [6.07, 6.45) is 1.81. The number of aryl methyl sites for hydroxylation is 2. The third kappa shape index (κ3) is 4.34. The minimum atomic E-state index is -0.584. The van der Waals surface area contributed by atoms with Gasteiger partial charge in [-0.2, -0.15) is 0 Å². The predicted molar refractivity (Wildman–Crippen MR) is 73.3 cm³/mol. The zero-order valence-corrected chi connectivity index (χ0v) is 11.1. The highest BCUT2D eigenvalue weighted by Crippen LogP contribution is 2.20. The molecule has 0 spiro atoms. The molecule has 1 rings (SSSR count). The quantitative estimate of drug-likeness (QED) is 0.758. The Labute approximate surface area is 109 Å². The van der Waals surface area contributed by atoms with Crippen LogP contribution in [0.5, 0.6) is 0 Å². The number of carbonyl (C=O) groups is 1. The second-order valence-corrected chi connectivity index (χ2v) is 4.49. The molecule has 3 heteroatoms. The number of hydrogen-bond acceptors (Lipinski definition) is 2. The molecular formula is C15H21NO2. The Morgan fingerprint density at radius 3 is 2.78 bits per heavy atom. The molecule has 0 aliphatic heterocycles. The van der Waals surface area contributed by atoms with E-state index >= 15 is 0 Å². The molecule has 0 aliphatic carbocycles. The Morgan fingerprint density at radius 2 is 2.17 bits per heavy atom. The minimum Gasteiger partial charge on any atom is -0.388 e. The van der Waals surface area contributed by atoms with Gasteiger partial charge in [0.1, 0.15) is 0 Å². The van der Waals surface area contributed by atoms with Crippen molar-refractivity contribution >= 4 is 5.91 Å². The molecule has 3 nitrogen and oxygen atoms in total. The number of rotatable bonds is 6. The Bertz CT molecular complexity index is 427. The van der Waals surface area contributed by atoms with Gasteiger partial charge >= 0.3 is 0 Å². The van der Waals surface area contributed by atoms with E-state index in [1.54, 1.807) is 6.08 Å². The molecular weight excluding hydrogens is 226 g/mol. The molecule has 0 saturated heterocycles. The average molecular weight is 247 g/mol. The number of aliphatic hydroxyl groups is 1. The number of hydrogen-bond donors (Lipinski definition) is 2. The van der Waals surface area contributed by atoms with Crippen LogP contribution in [0, 0.1) is 13.8 Å². The monoisotopic (exact) mass is 247 g/mol. The van der Waals surface area contributed by atoms with Crippen molar-refractivity contribution in [3.63, 3.8) is 0 Å². The third-order valence-corrected chi connectivity index (χ3v) is 3.00. The molecule has 0 aromatic heterocycles. The van der Waals surface area contributed by atoms with Crippen LogP contribution in [-0.2, 0) is 4.79 Å². The Morgan fingerprint density at radius 1 is 1.44 bits per heavy atom. The minimum absolute atomic E-state index is 0.0576. The van der Waals surface area contributed by atoms with E-state index in [1.807, 2.05) is 32.0 Å². The molecule has 1 aromatic rings. The Kier molecular flexibility index (Phi) is 5.59. The lowest BCUT2D eigenvalue weighted by Crippen LogP contribution is -2.23. The normalized spacial score (nSPS) is 11.9. The maximum Gasteiger partial charge on any atom is 0.220 e. The van der Waals surface area contributed by atoms with E-state index in [-0.39, 0.29) is 5.91 Å². The SMILES string of the molecule is C=CCNC(=O)CCC(O)c1ccc(C)c(C)c1. The van der Waals surface area contributed by atoms with Gasteiger partial charge in [-0.05, 0) is 37.0 Å². The molecule has 0 bridgehead atoms. The van der Waals surface area contributed by atoms with Crippen molar-refractivity contribution in [3.05, 3.63) is 47.5 Å². The van der Waals surface area contributed by atoms with E-state index in [9.17, 15) is 9.90 Å². The summed E-state index contributed by atoms with van der Waals surface area (Å²) >= 11 is 0. The van der Waals surface area contributed by atoms with Crippen LogP contribution in [0.1, 0.15) is 35.6 Å². The van der Waals surface area contributed by atoms with Crippen molar-refractivity contribution in [1.29, 1.82) is 0 Å². The summed E-state index contributed by atoms with van der Waals surface area (Å²) in [5.41, 5.74) is 3.23. The van der Waals surface area contributed by atoms with Crippen LogP contribution in [0.4, 0.5) is 0 Å². The number of benzene rings is 1. The highest BCUT2D eigenvalue weighted by Gasteiger charge is 2.10. The lowest BCUT2D eigenvalue weighted by molar-refractivity contribution is -0.121. The molecule has 1 aromatic carbocycles. The fourth-order valence-corrected chi connectivity index (χ4v) is 1.68. The molecule has 0 saturated carbocycles. The van der Waals surface area contributed by atoms with E-state index in [2.05, 4.69) is 11.9 Å². The van der Waals surface area contributed by atoms with Gasteiger partial charge in [-0.25, -0.2) is 0 Å². The molecule has 98 valence electrons. The van der Waals surface area contributed by atoms with E-state index in [0.29, 0.717) is 19.4 Å². The number of amides is 1. The first-order valence-electron chi connectivity index (χ1n) is 6.17. The molecule has 1 atom stereocenters. The first-order valence-corrected chi connectivity index (χ1v) is 6.17. The van der Waals surface area contributed by atoms with Crippen molar-refractivity contribution in [2.24, 2.45) is 0 Å². The second-order valence-electron chi connectivity index (χ2n) is 4.49. The van der Waals surface area contributed by atoms with Crippen molar-refractivity contribution in [1.82, 2.24) is 5.32 Å². The summed E-state index contributed by atoms with van der Waals surface area (Å²) in [6.45, 7) is 8.05. The molecule has 1 unspecified atom stereocenters. The van der Waals surface area contributed by atoms with Crippen LogP contribution >= 0.6 is 0 Å². The Hall–Kier alpha value is -1.61. The highest BCUT2D eigenvalue weighted by molar-refractivity contribution is 5.76. The van der Waals surface area contributed by atoms with Crippen LogP contribution in [0.3, 0.4) is 0 Å². The number of nitrogens with one attached hydrogen (secondary N) is 1. The molecule has 2 N–H and O–H groups in total. The van der Waals surface area contributed by atoms with Crippen molar-refractivity contribution in [2.75, 3.05) is 6.54 Å². The van der Waals surface area contributed by atoms with Crippen molar-refractivity contribution in [3.8, 4) is 0 Å². The zero-order valence-electron chi connectivity index (χ0n) is 11.1. The molecule has 18 heavy (non-hydrogen) atoms. The largest absolute Gasteiger partial charge is 0.388 e. The standard InChI is InChI=1S/C15H21NO2/c1-4-9-16-15(18)8-7-14(17)13-6-5-11(2)12(3)10-13/h4-6,10,14,17H,1,7-9H2,2-3H3,(H,16,18). The molecule has 0 heterocycles. The van der Waals surface area contributed by atoms with Gasteiger partial charge in [0.25, 0.3) is 0 Å². The molecule has 1 amide bonds. The van der Waals surface area contributed by atoms with Crippen LogP contribution in [0.15, 0.2) is 30.9 Å². The van der Waals surface area contributed by atoms with Crippen LogP contribution < -0.4 is 5.32 Å². The summed E-state index contributed by atoms with van der Waals surface area (Å²) in [5, 5.41) is 12.7. The summed E-state index contributed by atoms with van der Waals surface area (Å²) in [5.74, 6) is -0.0576. The maximum atomic E-state index is 11.4. The van der Waals surface area contributed by atoms with Gasteiger partial charge in [0.2, 0.25) is 5.91 Å². The summed E-state index contributed by atoms with van der Waals surface area (Å²) in [6, 6.07) is 5.88. The van der Waals surface area contributed by atoms with Crippen LogP contribution in [-0.4, -0.2) is 17.6 Å². The van der Waals surface area contributed by atoms with Gasteiger partial charge in [0, 0.05) is 13.0 Å². The lowest BCUT2D eigenvalue weighted by Gasteiger charge is -2.12. The van der Waals surface area contributed by atoms with Gasteiger partial charge in [-0.1, -0.05) is 24.3 Å². The number of aliphatic hydroxyl groups excluding tert-OH is 1. The first kappa shape index (κ1) is 14.5. The average Bonchev–Trinajstić information content (AvgIpc) is 2.36. The predicted octanol–water partition coefficient (Wildman–Crippen LogP) is 2.42. The third-order valence-electron chi connectivity index (χ3n) is 3.00. The van der Waals surface area contributed by atoms with Gasteiger partial charge in [-0.15, -0.1) is 6.58 Å². The van der Waals surface area contributed by atoms with Gasteiger partial charge in [0.05, 0.1) is 6.10 Å². The fraction of sp³-hybridized carbons (Fsp3) is 0.400. The summed E-state index contributed by atoms with van der Waals surface area (Å²) in [4.78, 5) is 11.4. The maximum absolute atomic E-state index is 11.4. The summed E-state index contributed by atoms with van der Waals surface area (Å²) < 4.78 is 0. The second kappa shape index (κ2) is 6.97. The van der Waals surface area contributed by atoms with E-state index in [1.165, 1.54) is 5.56 Å². The van der Waals surface area contributed by atoms with Crippen LogP contribution in [0.2, 0.25) is 0 Å². The highest BCUT2D eigenvalue weighted by atomic mass is 16.3. The van der Waals surface area contributed by atoms with E-state index in [4.69, 9.17) is 0 Å². The van der Waals surface area contributed by atoms with Crippen LogP contribution in [0.25, 0.3) is 0 Å². The molecule has 0 aliphatic rings. The van der Waals surface area contributed by atoms with E-state index in [0.717, 1.165) is 11.1 Å².